The molecule has 2 amide bonds. The van der Waals surface area contributed by atoms with Gasteiger partial charge in [-0.3, -0.25) is 20.4 Å². The van der Waals surface area contributed by atoms with Gasteiger partial charge in [0, 0.05) is 0 Å². The van der Waals surface area contributed by atoms with Gasteiger partial charge in [0.1, 0.15) is 11.5 Å². The van der Waals surface area contributed by atoms with E-state index in [4.69, 9.17) is 21.2 Å². The summed E-state index contributed by atoms with van der Waals surface area (Å²) >= 11 is 0. The standard InChI is InChI=1S/C18H30N4O4/c1-5-11(3)9-25-15-7-14(18(24)22-20)16(26-10-12(4)6-2)8-13(15)17(23)21-19/h7-8,11-12H,5-6,9-10,19-20H2,1-4H3,(H,21,23)(H,22,24)/t11-,12?/m0/s1. The van der Waals surface area contributed by atoms with Gasteiger partial charge in [-0.05, 0) is 24.0 Å². The van der Waals surface area contributed by atoms with Crippen molar-refractivity contribution >= 4 is 11.8 Å². The number of benzene rings is 1. The number of nitrogen functional groups attached to an aromatic ring is 2. The molecule has 6 N–H and O–H groups in total. The van der Waals surface area contributed by atoms with E-state index in [0.717, 1.165) is 12.8 Å². The van der Waals surface area contributed by atoms with Gasteiger partial charge in [0.05, 0.1) is 24.3 Å². The number of carbonyl (C=O) groups is 2. The van der Waals surface area contributed by atoms with Crippen molar-refractivity contribution < 1.29 is 19.1 Å². The Kier molecular flexibility index (Phi) is 8.87. The van der Waals surface area contributed by atoms with E-state index >= 15 is 0 Å². The Morgan fingerprint density at radius 2 is 1.23 bits per heavy atom. The minimum atomic E-state index is -0.530. The van der Waals surface area contributed by atoms with E-state index in [-0.39, 0.29) is 34.5 Å². The molecule has 146 valence electrons. The summed E-state index contributed by atoms with van der Waals surface area (Å²) in [5.74, 6) is 10.6. The van der Waals surface area contributed by atoms with Crippen molar-refractivity contribution in [2.24, 2.45) is 23.5 Å². The first-order valence-electron chi connectivity index (χ1n) is 8.83. The van der Waals surface area contributed by atoms with Crippen molar-refractivity contribution in [3.63, 3.8) is 0 Å². The number of hydrogen-bond donors (Lipinski definition) is 4. The molecule has 0 spiro atoms. The normalized spacial score (nSPS) is 12.8. The van der Waals surface area contributed by atoms with Crippen LogP contribution >= 0.6 is 0 Å². The maximum absolute atomic E-state index is 12.1. The molecule has 2 atom stereocenters. The molecular formula is C18H30N4O4. The van der Waals surface area contributed by atoms with Gasteiger partial charge in [-0.1, -0.05) is 40.5 Å². The summed E-state index contributed by atoms with van der Waals surface area (Å²) in [6.45, 7) is 8.94. The minimum absolute atomic E-state index is 0.198. The Balaban J connectivity index is 3.30. The first-order chi connectivity index (χ1) is 12.4. The maximum Gasteiger partial charge on any atom is 0.269 e. The van der Waals surface area contributed by atoms with E-state index in [1.54, 1.807) is 0 Å². The fraction of sp³-hybridized carbons (Fsp3) is 0.556. The molecule has 0 saturated heterocycles. The van der Waals surface area contributed by atoms with Crippen molar-refractivity contribution in [2.75, 3.05) is 13.2 Å². The fourth-order valence-corrected chi connectivity index (χ4v) is 2.01. The molecule has 0 aliphatic rings. The van der Waals surface area contributed by atoms with Crippen molar-refractivity contribution in [3.8, 4) is 11.5 Å². The molecule has 0 fully saturated rings. The van der Waals surface area contributed by atoms with Crippen LogP contribution in [-0.4, -0.2) is 25.0 Å². The summed E-state index contributed by atoms with van der Waals surface area (Å²) < 4.78 is 11.5. The molecule has 8 nitrogen and oxygen atoms in total. The molecular weight excluding hydrogens is 336 g/mol. The number of amides is 2. The molecule has 26 heavy (non-hydrogen) atoms. The third-order valence-electron chi connectivity index (χ3n) is 4.27. The van der Waals surface area contributed by atoms with E-state index in [0.29, 0.717) is 13.2 Å². The first-order valence-corrected chi connectivity index (χ1v) is 8.83. The van der Waals surface area contributed by atoms with Crippen LogP contribution in [0.25, 0.3) is 0 Å². The summed E-state index contributed by atoms with van der Waals surface area (Å²) in [5.41, 5.74) is 4.57. The minimum Gasteiger partial charge on any atom is -0.492 e. The van der Waals surface area contributed by atoms with Gasteiger partial charge in [-0.15, -0.1) is 0 Å². The van der Waals surface area contributed by atoms with Crippen LogP contribution in [0.3, 0.4) is 0 Å². The Hall–Kier alpha value is -2.32. The summed E-state index contributed by atoms with van der Waals surface area (Å²) in [6.07, 6.45) is 1.84. The van der Waals surface area contributed by atoms with E-state index in [2.05, 4.69) is 10.9 Å². The number of ether oxygens (including phenoxy) is 2. The summed E-state index contributed by atoms with van der Waals surface area (Å²) in [5, 5.41) is 0. The fourth-order valence-electron chi connectivity index (χ4n) is 2.01. The van der Waals surface area contributed by atoms with Gasteiger partial charge >= 0.3 is 0 Å². The highest BCUT2D eigenvalue weighted by Crippen LogP contribution is 2.30. The lowest BCUT2D eigenvalue weighted by molar-refractivity contribution is 0.0933. The van der Waals surface area contributed by atoms with Crippen LogP contribution in [0, 0.1) is 11.8 Å². The molecule has 8 heteroatoms. The number of hydrogen-bond acceptors (Lipinski definition) is 6. The largest absolute Gasteiger partial charge is 0.492 e. The zero-order valence-electron chi connectivity index (χ0n) is 15.9. The number of rotatable bonds is 10. The number of hydrazine groups is 2. The smallest absolute Gasteiger partial charge is 0.269 e. The van der Waals surface area contributed by atoms with Gasteiger partial charge in [0.2, 0.25) is 0 Å². The quantitative estimate of drug-likeness (QED) is 0.284. The van der Waals surface area contributed by atoms with Crippen molar-refractivity contribution in [1.82, 2.24) is 10.9 Å². The van der Waals surface area contributed by atoms with Crippen LogP contribution in [0.1, 0.15) is 61.3 Å². The average molecular weight is 366 g/mol. The Morgan fingerprint density at radius 1 is 0.885 bits per heavy atom. The van der Waals surface area contributed by atoms with Crippen LogP contribution in [0.2, 0.25) is 0 Å². The van der Waals surface area contributed by atoms with Crippen LogP contribution in [0.5, 0.6) is 11.5 Å². The second-order valence-electron chi connectivity index (χ2n) is 6.44. The highest BCUT2D eigenvalue weighted by atomic mass is 16.5. The van der Waals surface area contributed by atoms with Gasteiger partial charge < -0.3 is 9.47 Å². The van der Waals surface area contributed by atoms with Crippen LogP contribution in [0.15, 0.2) is 12.1 Å². The SMILES string of the molecule is CCC(C)COc1cc(C(=O)NN)c(OC[C@@H](C)CC)cc1C(=O)NN. The third-order valence-corrected chi connectivity index (χ3v) is 4.27. The number of nitrogens with two attached hydrogens (primary N) is 2. The average Bonchev–Trinajstić information content (AvgIpc) is 2.68. The lowest BCUT2D eigenvalue weighted by atomic mass is 10.1. The van der Waals surface area contributed by atoms with E-state index < -0.39 is 11.8 Å². The van der Waals surface area contributed by atoms with Gasteiger partial charge in [-0.2, -0.15) is 0 Å². The van der Waals surface area contributed by atoms with Crippen LogP contribution in [-0.2, 0) is 0 Å². The van der Waals surface area contributed by atoms with Gasteiger partial charge in [0.15, 0.2) is 0 Å². The lowest BCUT2D eigenvalue weighted by Crippen LogP contribution is -2.32. The van der Waals surface area contributed by atoms with Crippen LogP contribution in [0.4, 0.5) is 0 Å². The summed E-state index contributed by atoms with van der Waals surface area (Å²) in [6, 6.07) is 2.92. The topological polar surface area (TPSA) is 129 Å². The Labute approximate surface area is 154 Å². The zero-order chi connectivity index (χ0) is 19.7. The number of carbonyl (C=O) groups excluding carboxylic acids is 2. The van der Waals surface area contributed by atoms with E-state index in [1.165, 1.54) is 12.1 Å². The Bertz CT molecular complexity index is 568. The van der Waals surface area contributed by atoms with Crippen molar-refractivity contribution in [2.45, 2.75) is 40.5 Å². The highest BCUT2D eigenvalue weighted by molar-refractivity contribution is 6.02. The van der Waals surface area contributed by atoms with Crippen molar-refractivity contribution in [1.29, 1.82) is 0 Å². The monoisotopic (exact) mass is 366 g/mol. The summed E-state index contributed by atoms with van der Waals surface area (Å²) in [7, 11) is 0. The predicted molar refractivity (Wildman–Crippen MR) is 99.6 cm³/mol. The first kappa shape index (κ1) is 21.7. The second-order valence-corrected chi connectivity index (χ2v) is 6.44. The molecule has 1 unspecified atom stereocenters. The molecule has 1 aromatic carbocycles. The maximum atomic E-state index is 12.1. The number of nitrogens with one attached hydrogen (secondary N) is 2. The third kappa shape index (κ3) is 5.89. The lowest BCUT2D eigenvalue weighted by Gasteiger charge is -2.19. The predicted octanol–water partition coefficient (Wildman–Crippen LogP) is 1.74. The van der Waals surface area contributed by atoms with Crippen molar-refractivity contribution in [3.05, 3.63) is 23.3 Å². The molecule has 1 rings (SSSR count). The second kappa shape index (κ2) is 10.6. The van der Waals surface area contributed by atoms with Gasteiger partial charge in [0.25, 0.3) is 11.8 Å². The summed E-state index contributed by atoms with van der Waals surface area (Å²) in [4.78, 5) is 24.3. The molecule has 0 aliphatic carbocycles. The molecule has 1 aromatic rings. The molecule has 0 saturated carbocycles. The zero-order valence-corrected chi connectivity index (χ0v) is 15.9. The van der Waals surface area contributed by atoms with Crippen LogP contribution < -0.4 is 32.0 Å². The molecule has 0 aromatic heterocycles. The highest BCUT2D eigenvalue weighted by Gasteiger charge is 2.21. The molecule has 0 aliphatic heterocycles. The Morgan fingerprint density at radius 3 is 1.50 bits per heavy atom. The molecule has 0 heterocycles. The van der Waals surface area contributed by atoms with E-state index in [9.17, 15) is 9.59 Å². The molecule has 0 bridgehead atoms. The van der Waals surface area contributed by atoms with E-state index in [1.807, 2.05) is 27.7 Å². The molecule has 0 radical (unpaired) electrons. The van der Waals surface area contributed by atoms with Gasteiger partial charge in [-0.25, -0.2) is 11.7 Å².